The Labute approximate surface area is 90.3 Å². The van der Waals surface area contributed by atoms with E-state index < -0.39 is 17.6 Å². The summed E-state index contributed by atoms with van der Waals surface area (Å²) in [5, 5.41) is 0. The molecular formula is C8H2ClF4NS. The second-order valence-electron chi connectivity index (χ2n) is 2.76. The minimum Gasteiger partial charge on any atom is -0.225 e. The monoisotopic (exact) mass is 255 g/mol. The maximum atomic E-state index is 13.0. The highest BCUT2D eigenvalue weighted by Crippen LogP contribution is 2.35. The van der Waals surface area contributed by atoms with Crippen molar-refractivity contribution < 1.29 is 17.6 Å². The first kappa shape index (κ1) is 10.6. The van der Waals surface area contributed by atoms with Crippen molar-refractivity contribution in [2.75, 3.05) is 0 Å². The van der Waals surface area contributed by atoms with Gasteiger partial charge in [-0.1, -0.05) is 11.6 Å². The molecule has 0 saturated heterocycles. The van der Waals surface area contributed by atoms with E-state index in [1.165, 1.54) is 0 Å². The topological polar surface area (TPSA) is 12.9 Å². The van der Waals surface area contributed by atoms with E-state index in [0.29, 0.717) is 10.8 Å². The number of rotatable bonds is 0. The van der Waals surface area contributed by atoms with Crippen molar-refractivity contribution in [3.05, 3.63) is 28.0 Å². The summed E-state index contributed by atoms with van der Waals surface area (Å²) in [4.78, 5) is 3.65. The SMILES string of the molecule is Fc1cc2sc(Cl)nc2cc1C(F)(F)F. The lowest BCUT2D eigenvalue weighted by molar-refractivity contribution is -0.139. The third-order valence-electron chi connectivity index (χ3n) is 1.76. The first-order valence-corrected chi connectivity index (χ1v) is 4.90. The molecule has 0 saturated carbocycles. The summed E-state index contributed by atoms with van der Waals surface area (Å²) >= 11 is 6.44. The molecule has 0 spiro atoms. The van der Waals surface area contributed by atoms with Crippen LogP contribution in [0.5, 0.6) is 0 Å². The predicted molar refractivity (Wildman–Crippen MR) is 49.6 cm³/mol. The molecule has 1 aromatic heterocycles. The Morgan fingerprint density at radius 1 is 1.27 bits per heavy atom. The third-order valence-corrected chi connectivity index (χ3v) is 2.88. The van der Waals surface area contributed by atoms with E-state index in [1.54, 1.807) is 0 Å². The van der Waals surface area contributed by atoms with Gasteiger partial charge in [0, 0.05) is 0 Å². The van der Waals surface area contributed by atoms with Gasteiger partial charge in [-0.05, 0) is 12.1 Å². The van der Waals surface area contributed by atoms with Crippen LogP contribution in [0.1, 0.15) is 5.56 Å². The van der Waals surface area contributed by atoms with Gasteiger partial charge in [0.05, 0.1) is 15.8 Å². The fraction of sp³-hybridized carbons (Fsp3) is 0.125. The summed E-state index contributed by atoms with van der Waals surface area (Å²) < 4.78 is 50.3. The number of hydrogen-bond donors (Lipinski definition) is 0. The summed E-state index contributed by atoms with van der Waals surface area (Å²) in [5.41, 5.74) is -1.27. The second kappa shape index (κ2) is 3.31. The maximum absolute atomic E-state index is 13.0. The molecule has 0 aliphatic carbocycles. The van der Waals surface area contributed by atoms with E-state index in [-0.39, 0.29) is 9.98 Å². The standard InChI is InChI=1S/C8H2ClF4NS/c9-7-14-5-1-3(8(11,12)13)4(10)2-6(5)15-7/h1-2H. The Morgan fingerprint density at radius 3 is 2.53 bits per heavy atom. The van der Waals surface area contributed by atoms with Gasteiger partial charge in [0.2, 0.25) is 0 Å². The summed E-state index contributed by atoms with van der Waals surface area (Å²) in [5.74, 6) is -1.31. The van der Waals surface area contributed by atoms with E-state index >= 15 is 0 Å². The number of benzene rings is 1. The summed E-state index contributed by atoms with van der Waals surface area (Å²) in [6, 6.07) is 1.45. The Morgan fingerprint density at radius 2 is 1.93 bits per heavy atom. The Hall–Kier alpha value is -0.880. The molecule has 0 atom stereocenters. The lowest BCUT2D eigenvalue weighted by Gasteiger charge is -2.06. The zero-order valence-electron chi connectivity index (χ0n) is 6.90. The van der Waals surface area contributed by atoms with Crippen LogP contribution in [-0.4, -0.2) is 4.98 Å². The Kier molecular flexibility index (Phi) is 2.35. The average Bonchev–Trinajstić information content (AvgIpc) is 2.40. The zero-order valence-corrected chi connectivity index (χ0v) is 8.47. The van der Waals surface area contributed by atoms with Crippen molar-refractivity contribution in [1.82, 2.24) is 4.98 Å². The van der Waals surface area contributed by atoms with Gasteiger partial charge in [-0.15, -0.1) is 11.3 Å². The number of hydrogen-bond acceptors (Lipinski definition) is 2. The number of thiazole rings is 1. The van der Waals surface area contributed by atoms with Crippen LogP contribution in [0.25, 0.3) is 10.2 Å². The fourth-order valence-electron chi connectivity index (χ4n) is 1.14. The van der Waals surface area contributed by atoms with Crippen molar-refractivity contribution in [3.63, 3.8) is 0 Å². The van der Waals surface area contributed by atoms with Gasteiger partial charge in [-0.25, -0.2) is 9.37 Å². The van der Waals surface area contributed by atoms with Crippen LogP contribution in [0.15, 0.2) is 12.1 Å². The molecule has 0 radical (unpaired) electrons. The quantitative estimate of drug-likeness (QED) is 0.646. The first-order valence-electron chi connectivity index (χ1n) is 3.71. The van der Waals surface area contributed by atoms with E-state index in [1.807, 2.05) is 0 Å². The molecule has 2 rings (SSSR count). The van der Waals surface area contributed by atoms with Gasteiger partial charge >= 0.3 is 6.18 Å². The third kappa shape index (κ3) is 1.91. The smallest absolute Gasteiger partial charge is 0.225 e. The molecule has 80 valence electrons. The number of alkyl halides is 3. The van der Waals surface area contributed by atoms with Gasteiger partial charge < -0.3 is 0 Å². The molecule has 0 fully saturated rings. The highest BCUT2D eigenvalue weighted by Gasteiger charge is 2.34. The number of halogens is 5. The molecule has 0 aliphatic rings. The maximum Gasteiger partial charge on any atom is 0.419 e. The fourth-order valence-corrected chi connectivity index (χ4v) is 2.18. The Balaban J connectivity index is 2.72. The van der Waals surface area contributed by atoms with E-state index in [0.717, 1.165) is 17.4 Å². The average molecular weight is 256 g/mol. The lowest BCUT2D eigenvalue weighted by atomic mass is 10.2. The van der Waals surface area contributed by atoms with Gasteiger partial charge in [0.1, 0.15) is 5.82 Å². The lowest BCUT2D eigenvalue weighted by Crippen LogP contribution is -2.07. The summed E-state index contributed by atoms with van der Waals surface area (Å²) in [6.45, 7) is 0. The van der Waals surface area contributed by atoms with E-state index in [4.69, 9.17) is 11.6 Å². The van der Waals surface area contributed by atoms with Crippen LogP contribution in [-0.2, 0) is 6.18 Å². The van der Waals surface area contributed by atoms with Crippen LogP contribution in [0.2, 0.25) is 4.47 Å². The normalized spacial score (nSPS) is 12.3. The Bertz CT molecular complexity index is 519. The van der Waals surface area contributed by atoms with Crippen molar-refractivity contribution in [2.45, 2.75) is 6.18 Å². The number of nitrogens with zero attached hydrogens (tertiary/aromatic N) is 1. The highest BCUT2D eigenvalue weighted by molar-refractivity contribution is 7.22. The molecular weight excluding hydrogens is 254 g/mol. The minimum absolute atomic E-state index is 0.0544. The van der Waals surface area contributed by atoms with E-state index in [2.05, 4.69) is 4.98 Å². The minimum atomic E-state index is -4.71. The molecule has 0 unspecified atom stereocenters. The van der Waals surface area contributed by atoms with Crippen LogP contribution in [0, 0.1) is 5.82 Å². The molecule has 15 heavy (non-hydrogen) atoms. The highest BCUT2D eigenvalue weighted by atomic mass is 35.5. The molecule has 2 aromatic rings. The first-order chi connectivity index (χ1) is 6.88. The zero-order chi connectivity index (χ0) is 11.2. The molecule has 0 bridgehead atoms. The van der Waals surface area contributed by atoms with Crippen molar-refractivity contribution in [3.8, 4) is 0 Å². The molecule has 0 aliphatic heterocycles. The van der Waals surface area contributed by atoms with Crippen molar-refractivity contribution >= 4 is 33.2 Å². The largest absolute Gasteiger partial charge is 0.419 e. The molecule has 7 heteroatoms. The molecule has 0 amide bonds. The predicted octanol–water partition coefficient (Wildman–Crippen LogP) is 4.11. The van der Waals surface area contributed by atoms with Gasteiger partial charge in [-0.2, -0.15) is 13.2 Å². The van der Waals surface area contributed by atoms with Crippen molar-refractivity contribution in [1.29, 1.82) is 0 Å². The molecule has 1 nitrogen and oxygen atoms in total. The van der Waals surface area contributed by atoms with Crippen LogP contribution >= 0.6 is 22.9 Å². The number of fused-ring (bicyclic) bond motifs is 1. The van der Waals surface area contributed by atoms with E-state index in [9.17, 15) is 17.6 Å². The van der Waals surface area contributed by atoms with Gasteiger partial charge in [0.15, 0.2) is 4.47 Å². The summed E-state index contributed by atoms with van der Waals surface area (Å²) in [7, 11) is 0. The second-order valence-corrected chi connectivity index (χ2v) is 4.38. The van der Waals surface area contributed by atoms with Crippen LogP contribution < -0.4 is 0 Å². The summed E-state index contributed by atoms with van der Waals surface area (Å²) in [6.07, 6.45) is -4.71. The van der Waals surface area contributed by atoms with Crippen LogP contribution in [0.3, 0.4) is 0 Å². The number of aromatic nitrogens is 1. The molecule has 1 aromatic carbocycles. The van der Waals surface area contributed by atoms with Gasteiger partial charge in [-0.3, -0.25) is 0 Å². The molecule has 0 N–H and O–H groups in total. The van der Waals surface area contributed by atoms with Crippen LogP contribution in [0.4, 0.5) is 17.6 Å². The van der Waals surface area contributed by atoms with Gasteiger partial charge in [0.25, 0.3) is 0 Å². The molecule has 1 heterocycles. The van der Waals surface area contributed by atoms with Crippen molar-refractivity contribution in [2.24, 2.45) is 0 Å².